The second-order valence-electron chi connectivity index (χ2n) is 6.67. The molecule has 4 rings (SSSR count). The molecule has 2 heterocycles. The first kappa shape index (κ1) is 17.4. The number of nitrogens with zero attached hydrogens (tertiary/aromatic N) is 2. The van der Waals surface area contributed by atoms with Gasteiger partial charge in [0.05, 0.1) is 18.3 Å². The van der Waals surface area contributed by atoms with E-state index in [1.54, 1.807) is 23.1 Å². The Morgan fingerprint density at radius 3 is 2.63 bits per heavy atom. The molecule has 0 unspecified atom stereocenters. The Labute approximate surface area is 156 Å². The van der Waals surface area contributed by atoms with Gasteiger partial charge in [-0.15, -0.1) is 0 Å². The van der Waals surface area contributed by atoms with Gasteiger partial charge in [0.2, 0.25) is 0 Å². The predicted octanol–water partition coefficient (Wildman–Crippen LogP) is 3.57. The van der Waals surface area contributed by atoms with Crippen molar-refractivity contribution in [3.63, 3.8) is 0 Å². The Balaban J connectivity index is 1.40. The van der Waals surface area contributed by atoms with Crippen LogP contribution in [0.1, 0.15) is 21.6 Å². The molecule has 0 saturated carbocycles. The minimum atomic E-state index is -0.272. The number of benzene rings is 2. The predicted molar refractivity (Wildman–Crippen MR) is 99.6 cm³/mol. The molecular formula is C21H20FN3O2. The highest BCUT2D eigenvalue weighted by atomic mass is 19.1. The summed E-state index contributed by atoms with van der Waals surface area (Å²) >= 11 is 0. The van der Waals surface area contributed by atoms with Gasteiger partial charge in [-0.25, -0.2) is 4.39 Å². The smallest absolute Gasteiger partial charge is 0.258 e. The zero-order valence-electron chi connectivity index (χ0n) is 15.0. The van der Waals surface area contributed by atoms with Crippen molar-refractivity contribution in [2.24, 2.45) is 0 Å². The summed E-state index contributed by atoms with van der Waals surface area (Å²) in [5, 5.41) is 7.22. The zero-order valence-corrected chi connectivity index (χ0v) is 15.0. The summed E-state index contributed by atoms with van der Waals surface area (Å²) in [6.45, 7) is 3.04. The second kappa shape index (κ2) is 7.32. The number of amides is 1. The number of aromatic nitrogens is 2. The fourth-order valence-corrected chi connectivity index (χ4v) is 3.19. The van der Waals surface area contributed by atoms with Crippen molar-refractivity contribution in [3.8, 4) is 11.3 Å². The maximum absolute atomic E-state index is 13.6. The number of likely N-dealkylation sites (tertiary alicyclic amines) is 1. The summed E-state index contributed by atoms with van der Waals surface area (Å²) in [5.74, 6) is -0.336. The summed E-state index contributed by atoms with van der Waals surface area (Å²) in [6, 6.07) is 16.2. The Kier molecular flexibility index (Phi) is 4.73. The van der Waals surface area contributed by atoms with Crippen LogP contribution in [-0.2, 0) is 11.3 Å². The Hall–Kier alpha value is -2.99. The molecule has 3 aromatic rings. The molecule has 1 aliphatic heterocycles. The number of hydrogen-bond donors (Lipinski definition) is 1. The molecular weight excluding hydrogens is 345 g/mol. The molecule has 1 N–H and O–H groups in total. The van der Waals surface area contributed by atoms with Gasteiger partial charge in [0, 0.05) is 29.9 Å². The minimum absolute atomic E-state index is 0.0640. The van der Waals surface area contributed by atoms with E-state index in [-0.39, 0.29) is 24.4 Å². The van der Waals surface area contributed by atoms with E-state index in [2.05, 4.69) is 10.2 Å². The minimum Gasteiger partial charge on any atom is -0.370 e. The van der Waals surface area contributed by atoms with Gasteiger partial charge in [0.1, 0.15) is 11.5 Å². The molecule has 27 heavy (non-hydrogen) atoms. The first-order valence-corrected chi connectivity index (χ1v) is 8.88. The lowest BCUT2D eigenvalue weighted by atomic mass is 10.0. The molecule has 0 aliphatic carbocycles. The van der Waals surface area contributed by atoms with Crippen molar-refractivity contribution >= 4 is 5.91 Å². The lowest BCUT2D eigenvalue weighted by Gasteiger charge is -2.39. The highest BCUT2D eigenvalue weighted by Gasteiger charge is 2.34. The van der Waals surface area contributed by atoms with Crippen molar-refractivity contribution in [2.75, 3.05) is 13.1 Å². The number of rotatable bonds is 5. The highest BCUT2D eigenvalue weighted by Crippen LogP contribution is 2.27. The SMILES string of the molecule is Cc1[nH]nc(-c2ccccc2)c1C(=O)N1CC(OCc2ccccc2F)C1. The van der Waals surface area contributed by atoms with E-state index in [0.29, 0.717) is 29.9 Å². The molecule has 5 nitrogen and oxygen atoms in total. The molecule has 138 valence electrons. The van der Waals surface area contributed by atoms with E-state index >= 15 is 0 Å². The molecule has 1 amide bonds. The van der Waals surface area contributed by atoms with Gasteiger partial charge in [-0.05, 0) is 13.0 Å². The van der Waals surface area contributed by atoms with E-state index in [4.69, 9.17) is 4.74 Å². The van der Waals surface area contributed by atoms with Gasteiger partial charge >= 0.3 is 0 Å². The van der Waals surface area contributed by atoms with Crippen LogP contribution in [0.5, 0.6) is 0 Å². The lowest BCUT2D eigenvalue weighted by molar-refractivity contribution is -0.0509. The Bertz CT molecular complexity index is 949. The summed E-state index contributed by atoms with van der Waals surface area (Å²) < 4.78 is 19.4. The van der Waals surface area contributed by atoms with Crippen molar-refractivity contribution < 1.29 is 13.9 Å². The normalized spacial score (nSPS) is 14.2. The van der Waals surface area contributed by atoms with Crippen molar-refractivity contribution in [1.29, 1.82) is 0 Å². The fourth-order valence-electron chi connectivity index (χ4n) is 3.19. The molecule has 0 radical (unpaired) electrons. The number of hydrogen-bond acceptors (Lipinski definition) is 3. The first-order valence-electron chi connectivity index (χ1n) is 8.88. The maximum Gasteiger partial charge on any atom is 0.258 e. The number of H-pyrrole nitrogens is 1. The molecule has 2 aromatic carbocycles. The van der Waals surface area contributed by atoms with Gasteiger partial charge < -0.3 is 9.64 Å². The average Bonchev–Trinajstić information content (AvgIpc) is 3.04. The number of aromatic amines is 1. The molecule has 1 fully saturated rings. The summed E-state index contributed by atoms with van der Waals surface area (Å²) in [4.78, 5) is 14.7. The summed E-state index contributed by atoms with van der Waals surface area (Å²) in [5.41, 5.74) is 3.43. The summed E-state index contributed by atoms with van der Waals surface area (Å²) in [6.07, 6.45) is -0.0825. The van der Waals surface area contributed by atoms with Crippen LogP contribution in [0.15, 0.2) is 54.6 Å². The molecule has 1 aromatic heterocycles. The van der Waals surface area contributed by atoms with Crippen LogP contribution in [-0.4, -0.2) is 40.2 Å². The van der Waals surface area contributed by atoms with Crippen LogP contribution >= 0.6 is 0 Å². The van der Waals surface area contributed by atoms with Gasteiger partial charge in [-0.1, -0.05) is 48.5 Å². The van der Waals surface area contributed by atoms with Gasteiger partial charge in [-0.2, -0.15) is 5.10 Å². The number of halogens is 1. The number of nitrogens with one attached hydrogen (secondary N) is 1. The van der Waals surface area contributed by atoms with Crippen molar-refractivity contribution in [1.82, 2.24) is 15.1 Å². The molecule has 0 atom stereocenters. The van der Waals surface area contributed by atoms with Crippen LogP contribution in [0.3, 0.4) is 0 Å². The molecule has 1 saturated heterocycles. The van der Waals surface area contributed by atoms with E-state index < -0.39 is 0 Å². The third-order valence-electron chi connectivity index (χ3n) is 4.78. The van der Waals surface area contributed by atoms with E-state index in [0.717, 1.165) is 11.3 Å². The van der Waals surface area contributed by atoms with Crippen LogP contribution in [0.2, 0.25) is 0 Å². The monoisotopic (exact) mass is 365 g/mol. The van der Waals surface area contributed by atoms with Gasteiger partial charge in [0.15, 0.2) is 0 Å². The molecule has 6 heteroatoms. The quantitative estimate of drug-likeness (QED) is 0.752. The van der Waals surface area contributed by atoms with Crippen LogP contribution in [0.25, 0.3) is 11.3 Å². The molecule has 0 spiro atoms. The van der Waals surface area contributed by atoms with Crippen molar-refractivity contribution in [3.05, 3.63) is 77.2 Å². The third-order valence-corrected chi connectivity index (χ3v) is 4.78. The number of carbonyl (C=O) groups excluding carboxylic acids is 1. The fraction of sp³-hybridized carbons (Fsp3) is 0.238. The maximum atomic E-state index is 13.6. The zero-order chi connectivity index (χ0) is 18.8. The van der Waals surface area contributed by atoms with Crippen molar-refractivity contribution in [2.45, 2.75) is 19.6 Å². The largest absolute Gasteiger partial charge is 0.370 e. The van der Waals surface area contributed by atoms with Crippen LogP contribution in [0, 0.1) is 12.7 Å². The lowest BCUT2D eigenvalue weighted by Crippen LogP contribution is -2.54. The summed E-state index contributed by atoms with van der Waals surface area (Å²) in [7, 11) is 0. The van der Waals surface area contributed by atoms with E-state index in [1.807, 2.05) is 37.3 Å². The Morgan fingerprint density at radius 1 is 1.19 bits per heavy atom. The third kappa shape index (κ3) is 3.48. The van der Waals surface area contributed by atoms with Gasteiger partial charge in [0.25, 0.3) is 5.91 Å². The van der Waals surface area contributed by atoms with E-state index in [9.17, 15) is 9.18 Å². The average molecular weight is 365 g/mol. The Morgan fingerprint density at radius 2 is 1.89 bits per heavy atom. The van der Waals surface area contributed by atoms with Crippen LogP contribution < -0.4 is 0 Å². The molecule has 1 aliphatic rings. The van der Waals surface area contributed by atoms with Crippen LogP contribution in [0.4, 0.5) is 4.39 Å². The molecule has 0 bridgehead atoms. The first-order chi connectivity index (χ1) is 13.1. The van der Waals surface area contributed by atoms with Gasteiger partial charge in [-0.3, -0.25) is 9.89 Å². The van der Waals surface area contributed by atoms with E-state index in [1.165, 1.54) is 6.07 Å². The number of aryl methyl sites for hydroxylation is 1. The number of ether oxygens (including phenoxy) is 1. The number of carbonyl (C=O) groups is 1. The topological polar surface area (TPSA) is 58.2 Å². The second-order valence-corrected chi connectivity index (χ2v) is 6.67. The standard InChI is InChI=1S/C21H20FN3O2/c1-14-19(20(24-23-14)15-7-3-2-4-8-15)21(26)25-11-17(12-25)27-13-16-9-5-6-10-18(16)22/h2-10,17H,11-13H2,1H3,(H,23,24). The highest BCUT2D eigenvalue weighted by molar-refractivity contribution is 6.01.